The molecule has 6 heteroatoms. The smallest absolute Gasteiger partial charge is 0.310 e. The van der Waals surface area contributed by atoms with Crippen molar-refractivity contribution in [3.8, 4) is 11.8 Å². The number of anilines is 1. The highest BCUT2D eigenvalue weighted by Crippen LogP contribution is 2.34. The molecule has 0 unspecified atom stereocenters. The number of halogens is 1. The van der Waals surface area contributed by atoms with E-state index in [1.54, 1.807) is 33.8 Å². The van der Waals surface area contributed by atoms with Crippen LogP contribution in [-0.4, -0.2) is 29.2 Å². The molecule has 47 heavy (non-hydrogen) atoms. The molecule has 0 atom stereocenters. The Morgan fingerprint density at radius 2 is 1.43 bits per heavy atom. The zero-order valence-corrected chi connectivity index (χ0v) is 31.1. The lowest BCUT2D eigenvalue weighted by atomic mass is 9.84. The molecule has 0 bridgehead atoms. The van der Waals surface area contributed by atoms with Crippen LogP contribution in [0.5, 0.6) is 0 Å². The van der Waals surface area contributed by atoms with Gasteiger partial charge in [0, 0.05) is 11.3 Å². The second-order valence-corrected chi connectivity index (χ2v) is 12.8. The van der Waals surface area contributed by atoms with Gasteiger partial charge in [0.2, 0.25) is 0 Å². The standard InChI is InChI=1S/C26H35NO3.C7H7F.C4H10O.C4H6/c1-8-21-18(6)23(15-24(28)30-9-2)25(19(7)22(21)14-16(3)4)27-26(29)20-12-10-17(5)11-13-20;1-6-3-2-4-7(8)5-6;1-4(2,3)5;1-3-4-2/h10-13,16H,8-9,14-15H2,1-7H3,(H,27,29);2-5H,1H3;5H,1-3H3;1-2H3. The van der Waals surface area contributed by atoms with Gasteiger partial charge >= 0.3 is 5.97 Å². The first-order chi connectivity index (χ1) is 21.9. The van der Waals surface area contributed by atoms with Crippen molar-refractivity contribution in [2.24, 2.45) is 5.92 Å². The molecular formula is C41H58FNO4. The van der Waals surface area contributed by atoms with Crippen molar-refractivity contribution < 1.29 is 23.8 Å². The average molecular weight is 648 g/mol. The predicted molar refractivity (Wildman–Crippen MR) is 196 cm³/mol. The fourth-order valence-corrected chi connectivity index (χ4v) is 4.61. The first kappa shape index (κ1) is 43.0. The Hall–Kier alpha value is -3.95. The summed E-state index contributed by atoms with van der Waals surface area (Å²) in [6.07, 6.45) is 1.97. The van der Waals surface area contributed by atoms with Crippen LogP contribution in [-0.2, 0) is 28.8 Å². The number of rotatable bonds is 8. The summed E-state index contributed by atoms with van der Waals surface area (Å²) in [6.45, 7) is 25.5. The van der Waals surface area contributed by atoms with Gasteiger partial charge in [0.05, 0.1) is 18.6 Å². The number of aryl methyl sites for hydroxylation is 2. The number of nitrogens with one attached hydrogen (secondary N) is 1. The number of hydrogen-bond donors (Lipinski definition) is 2. The molecule has 2 N–H and O–H groups in total. The summed E-state index contributed by atoms with van der Waals surface area (Å²) in [6, 6.07) is 14.0. The van der Waals surface area contributed by atoms with Gasteiger partial charge in [0.15, 0.2) is 0 Å². The van der Waals surface area contributed by atoms with E-state index in [1.807, 2.05) is 58.0 Å². The third-order valence-corrected chi connectivity index (χ3v) is 6.77. The largest absolute Gasteiger partial charge is 0.466 e. The van der Waals surface area contributed by atoms with E-state index in [-0.39, 0.29) is 24.1 Å². The third-order valence-electron chi connectivity index (χ3n) is 6.77. The lowest BCUT2D eigenvalue weighted by Crippen LogP contribution is -2.20. The number of carbonyl (C=O) groups is 2. The van der Waals surface area contributed by atoms with Crippen LogP contribution < -0.4 is 5.32 Å². The Kier molecular flexibility index (Phi) is 19.9. The molecule has 258 valence electrons. The molecule has 0 saturated heterocycles. The zero-order chi connectivity index (χ0) is 36.3. The van der Waals surface area contributed by atoms with E-state index in [4.69, 9.17) is 9.84 Å². The number of esters is 1. The number of hydrogen-bond acceptors (Lipinski definition) is 4. The Bertz CT molecular complexity index is 1440. The molecule has 0 fully saturated rings. The second-order valence-electron chi connectivity index (χ2n) is 12.8. The van der Waals surface area contributed by atoms with Gasteiger partial charge < -0.3 is 15.2 Å². The van der Waals surface area contributed by atoms with E-state index in [0.717, 1.165) is 46.3 Å². The summed E-state index contributed by atoms with van der Waals surface area (Å²) in [5.41, 5.74) is 8.44. The first-order valence-electron chi connectivity index (χ1n) is 16.3. The minimum absolute atomic E-state index is 0.152. The van der Waals surface area contributed by atoms with E-state index in [2.05, 4.69) is 51.8 Å². The van der Waals surface area contributed by atoms with Crippen molar-refractivity contribution in [3.05, 3.63) is 98.9 Å². The van der Waals surface area contributed by atoms with E-state index >= 15 is 0 Å². The number of carbonyl (C=O) groups excluding carboxylic acids is 2. The maximum absolute atomic E-state index is 13.0. The topological polar surface area (TPSA) is 75.6 Å². The van der Waals surface area contributed by atoms with Crippen molar-refractivity contribution in [1.82, 2.24) is 0 Å². The Balaban J connectivity index is 0.00000101. The van der Waals surface area contributed by atoms with Crippen molar-refractivity contribution >= 4 is 17.6 Å². The predicted octanol–water partition coefficient (Wildman–Crippen LogP) is 9.67. The molecule has 0 spiro atoms. The maximum Gasteiger partial charge on any atom is 0.310 e. The molecule has 0 aliphatic rings. The van der Waals surface area contributed by atoms with Gasteiger partial charge in [-0.1, -0.05) is 50.6 Å². The molecule has 0 saturated carbocycles. The summed E-state index contributed by atoms with van der Waals surface area (Å²) in [5.74, 6) is 5.25. The van der Waals surface area contributed by atoms with Crippen molar-refractivity contribution in [2.45, 2.75) is 115 Å². The third kappa shape index (κ3) is 17.5. The molecule has 0 aromatic heterocycles. The van der Waals surface area contributed by atoms with Gasteiger partial charge in [0.25, 0.3) is 5.91 Å². The minimum atomic E-state index is -0.500. The zero-order valence-electron chi connectivity index (χ0n) is 31.1. The molecule has 3 aromatic carbocycles. The molecule has 3 aromatic rings. The van der Waals surface area contributed by atoms with Crippen LogP contribution in [0, 0.1) is 51.3 Å². The van der Waals surface area contributed by atoms with Gasteiger partial charge in [-0.25, -0.2) is 4.39 Å². The molecule has 1 amide bonds. The molecule has 0 radical (unpaired) electrons. The maximum atomic E-state index is 13.0. The number of benzene rings is 3. The first-order valence-corrected chi connectivity index (χ1v) is 16.3. The number of aliphatic hydroxyl groups is 1. The highest BCUT2D eigenvalue weighted by molar-refractivity contribution is 6.05. The summed E-state index contributed by atoms with van der Waals surface area (Å²) in [7, 11) is 0. The van der Waals surface area contributed by atoms with Gasteiger partial charge in [-0.2, -0.15) is 0 Å². The van der Waals surface area contributed by atoms with Crippen LogP contribution >= 0.6 is 0 Å². The van der Waals surface area contributed by atoms with Crippen LogP contribution in [0.25, 0.3) is 0 Å². The SMILES string of the molecule is CC#CC.CC(C)(C)O.CCOC(=O)Cc1c(C)c(CC)c(CC(C)C)c(C)c1NC(=O)c1ccc(C)cc1.Cc1cccc(F)c1. The lowest BCUT2D eigenvalue weighted by molar-refractivity contribution is -0.142. The highest BCUT2D eigenvalue weighted by Gasteiger charge is 2.23. The normalized spacial score (nSPS) is 10.1. The van der Waals surface area contributed by atoms with Gasteiger partial charge in [-0.05, 0) is 146 Å². The summed E-state index contributed by atoms with van der Waals surface area (Å²) < 4.78 is 17.4. The van der Waals surface area contributed by atoms with Crippen LogP contribution in [0.1, 0.15) is 112 Å². The quantitative estimate of drug-likeness (QED) is 0.189. The minimum Gasteiger partial charge on any atom is -0.466 e. The van der Waals surface area contributed by atoms with Crippen LogP contribution in [0.3, 0.4) is 0 Å². The van der Waals surface area contributed by atoms with Crippen LogP contribution in [0.15, 0.2) is 48.5 Å². The lowest BCUT2D eigenvalue weighted by Gasteiger charge is -2.24. The van der Waals surface area contributed by atoms with Crippen molar-refractivity contribution in [1.29, 1.82) is 0 Å². The van der Waals surface area contributed by atoms with Crippen molar-refractivity contribution in [3.63, 3.8) is 0 Å². The van der Waals surface area contributed by atoms with E-state index in [9.17, 15) is 14.0 Å². The number of amides is 1. The second kappa shape index (κ2) is 21.8. The van der Waals surface area contributed by atoms with Crippen LogP contribution in [0.2, 0.25) is 0 Å². The molecule has 5 nitrogen and oxygen atoms in total. The Morgan fingerprint density at radius 3 is 1.83 bits per heavy atom. The molecular weight excluding hydrogens is 589 g/mol. The molecule has 0 aliphatic heterocycles. The molecule has 0 aliphatic carbocycles. The summed E-state index contributed by atoms with van der Waals surface area (Å²) in [5, 5.41) is 11.6. The monoisotopic (exact) mass is 647 g/mol. The van der Waals surface area contributed by atoms with Gasteiger partial charge in [-0.3, -0.25) is 9.59 Å². The summed E-state index contributed by atoms with van der Waals surface area (Å²) in [4.78, 5) is 25.4. The summed E-state index contributed by atoms with van der Waals surface area (Å²) >= 11 is 0. The molecule has 0 heterocycles. The fraction of sp³-hybridized carbons (Fsp3) is 0.463. The Morgan fingerprint density at radius 1 is 0.872 bits per heavy atom. The van der Waals surface area contributed by atoms with E-state index in [1.165, 1.54) is 23.3 Å². The highest BCUT2D eigenvalue weighted by atomic mass is 19.1. The average Bonchev–Trinajstić information content (AvgIpc) is 2.97. The van der Waals surface area contributed by atoms with Crippen LogP contribution in [0.4, 0.5) is 10.1 Å². The van der Waals surface area contributed by atoms with Gasteiger partial charge in [-0.15, -0.1) is 11.8 Å². The fourth-order valence-electron chi connectivity index (χ4n) is 4.61. The van der Waals surface area contributed by atoms with Gasteiger partial charge in [0.1, 0.15) is 5.82 Å². The number of ether oxygens (including phenoxy) is 1. The Labute approximate surface area is 284 Å². The van der Waals surface area contributed by atoms with E-state index in [0.29, 0.717) is 18.1 Å². The van der Waals surface area contributed by atoms with Crippen molar-refractivity contribution in [2.75, 3.05) is 11.9 Å². The van der Waals surface area contributed by atoms with E-state index < -0.39 is 5.60 Å². The molecule has 3 rings (SSSR count).